The lowest BCUT2D eigenvalue weighted by Crippen LogP contribution is -2.06. The number of nitrogens with zero attached hydrogens (tertiary/aromatic N) is 4. The molecule has 0 aliphatic carbocycles. The fourth-order valence-electron chi connectivity index (χ4n) is 1.27. The Labute approximate surface area is 113 Å². The van der Waals surface area contributed by atoms with Crippen LogP contribution < -0.4 is 5.32 Å². The highest BCUT2D eigenvalue weighted by Crippen LogP contribution is 2.18. The van der Waals surface area contributed by atoms with Crippen molar-refractivity contribution in [2.75, 3.05) is 11.9 Å². The molecule has 1 N–H and O–H groups in total. The second kappa shape index (κ2) is 5.85. The van der Waals surface area contributed by atoms with E-state index in [2.05, 4.69) is 54.8 Å². The molecule has 0 fully saturated rings. The molecule has 0 saturated carbocycles. The standard InChI is InChI=1S/C11H12IN5/c1-2-3-15-10-8(12)6-16-11(17-10)9-7-13-4-5-14-9/h4-7H,2-3H2,1H3,(H,15,16,17). The Morgan fingerprint density at radius 2 is 2.12 bits per heavy atom. The largest absolute Gasteiger partial charge is 0.369 e. The van der Waals surface area contributed by atoms with Gasteiger partial charge in [0.25, 0.3) is 0 Å². The van der Waals surface area contributed by atoms with Gasteiger partial charge in [-0.3, -0.25) is 4.98 Å². The average Bonchev–Trinajstić information content (AvgIpc) is 2.39. The number of hydrogen-bond acceptors (Lipinski definition) is 5. The van der Waals surface area contributed by atoms with Crippen LogP contribution in [0.2, 0.25) is 0 Å². The zero-order valence-corrected chi connectivity index (χ0v) is 11.5. The molecule has 0 aliphatic heterocycles. The summed E-state index contributed by atoms with van der Waals surface area (Å²) in [5.41, 5.74) is 0.684. The summed E-state index contributed by atoms with van der Waals surface area (Å²) in [5, 5.41) is 3.27. The van der Waals surface area contributed by atoms with Gasteiger partial charge in [0.1, 0.15) is 11.5 Å². The summed E-state index contributed by atoms with van der Waals surface area (Å²) in [4.78, 5) is 16.9. The van der Waals surface area contributed by atoms with Crippen LogP contribution in [0.4, 0.5) is 5.82 Å². The minimum Gasteiger partial charge on any atom is -0.369 e. The molecule has 17 heavy (non-hydrogen) atoms. The quantitative estimate of drug-likeness (QED) is 0.865. The molecule has 2 rings (SSSR count). The first-order valence-electron chi connectivity index (χ1n) is 5.34. The van der Waals surface area contributed by atoms with Crippen LogP contribution in [0.25, 0.3) is 11.5 Å². The number of nitrogens with one attached hydrogen (secondary N) is 1. The molecule has 0 unspecified atom stereocenters. The highest BCUT2D eigenvalue weighted by Gasteiger charge is 2.07. The molecule has 2 aromatic rings. The lowest BCUT2D eigenvalue weighted by molar-refractivity contribution is 0.961. The number of halogens is 1. The number of hydrogen-bond donors (Lipinski definition) is 1. The van der Waals surface area contributed by atoms with Crippen molar-refractivity contribution >= 4 is 28.4 Å². The van der Waals surface area contributed by atoms with Crippen LogP contribution in [0.5, 0.6) is 0 Å². The van der Waals surface area contributed by atoms with Crippen molar-refractivity contribution < 1.29 is 0 Å². The van der Waals surface area contributed by atoms with E-state index in [1.807, 2.05) is 0 Å². The van der Waals surface area contributed by atoms with E-state index in [0.717, 1.165) is 22.4 Å². The number of anilines is 1. The van der Waals surface area contributed by atoms with Crippen LogP contribution in [-0.2, 0) is 0 Å². The summed E-state index contributed by atoms with van der Waals surface area (Å²) < 4.78 is 1.00. The molecule has 2 aromatic heterocycles. The van der Waals surface area contributed by atoms with E-state index < -0.39 is 0 Å². The van der Waals surface area contributed by atoms with Gasteiger partial charge in [0.05, 0.1) is 9.77 Å². The van der Waals surface area contributed by atoms with Crippen molar-refractivity contribution in [3.63, 3.8) is 0 Å². The summed E-state index contributed by atoms with van der Waals surface area (Å²) in [6.45, 7) is 3.01. The van der Waals surface area contributed by atoms with Crippen molar-refractivity contribution in [2.24, 2.45) is 0 Å². The first kappa shape index (κ1) is 12.2. The maximum absolute atomic E-state index is 4.45. The van der Waals surface area contributed by atoms with E-state index in [-0.39, 0.29) is 0 Å². The van der Waals surface area contributed by atoms with Gasteiger partial charge in [0, 0.05) is 25.1 Å². The Morgan fingerprint density at radius 1 is 1.24 bits per heavy atom. The first-order valence-corrected chi connectivity index (χ1v) is 6.42. The summed E-state index contributed by atoms with van der Waals surface area (Å²) in [6.07, 6.45) is 7.77. The summed E-state index contributed by atoms with van der Waals surface area (Å²) in [7, 11) is 0. The van der Waals surface area contributed by atoms with Gasteiger partial charge in [-0.1, -0.05) is 6.92 Å². The third-order valence-corrected chi connectivity index (χ3v) is 2.87. The van der Waals surface area contributed by atoms with E-state index in [1.165, 1.54) is 0 Å². The molecule has 0 amide bonds. The predicted molar refractivity (Wildman–Crippen MR) is 74.6 cm³/mol. The molecular weight excluding hydrogens is 329 g/mol. The second-order valence-electron chi connectivity index (χ2n) is 3.41. The van der Waals surface area contributed by atoms with Crippen molar-refractivity contribution in [2.45, 2.75) is 13.3 Å². The van der Waals surface area contributed by atoms with Gasteiger partial charge in [0.2, 0.25) is 0 Å². The Bertz CT molecular complexity index is 488. The molecule has 0 aromatic carbocycles. The minimum absolute atomic E-state index is 0.595. The highest BCUT2D eigenvalue weighted by atomic mass is 127. The molecule has 0 atom stereocenters. The van der Waals surface area contributed by atoms with Crippen molar-refractivity contribution in [1.29, 1.82) is 0 Å². The lowest BCUT2D eigenvalue weighted by Gasteiger charge is -2.07. The Balaban J connectivity index is 2.31. The van der Waals surface area contributed by atoms with Crippen LogP contribution in [-0.4, -0.2) is 26.5 Å². The molecule has 0 aliphatic rings. The monoisotopic (exact) mass is 341 g/mol. The SMILES string of the molecule is CCCNc1nc(-c2cnccn2)ncc1I. The fourth-order valence-corrected chi connectivity index (χ4v) is 1.72. The molecule has 5 nitrogen and oxygen atoms in total. The Kier molecular flexibility index (Phi) is 4.18. The van der Waals surface area contributed by atoms with Gasteiger partial charge in [-0.25, -0.2) is 15.0 Å². The maximum Gasteiger partial charge on any atom is 0.181 e. The van der Waals surface area contributed by atoms with Crippen molar-refractivity contribution in [1.82, 2.24) is 19.9 Å². The van der Waals surface area contributed by atoms with E-state index >= 15 is 0 Å². The average molecular weight is 341 g/mol. The maximum atomic E-state index is 4.45. The Hall–Kier alpha value is -1.31. The van der Waals surface area contributed by atoms with Gasteiger partial charge >= 0.3 is 0 Å². The second-order valence-corrected chi connectivity index (χ2v) is 4.57. The van der Waals surface area contributed by atoms with Crippen LogP contribution in [0, 0.1) is 3.57 Å². The molecule has 0 radical (unpaired) electrons. The number of rotatable bonds is 4. The summed E-state index contributed by atoms with van der Waals surface area (Å²) >= 11 is 2.21. The van der Waals surface area contributed by atoms with E-state index in [1.54, 1.807) is 24.8 Å². The normalized spacial score (nSPS) is 10.2. The molecule has 0 saturated heterocycles. The van der Waals surface area contributed by atoms with Gasteiger partial charge in [-0.05, 0) is 29.0 Å². The molecule has 88 valence electrons. The Morgan fingerprint density at radius 3 is 2.82 bits per heavy atom. The summed E-state index contributed by atoms with van der Waals surface area (Å²) in [5.74, 6) is 1.44. The molecular formula is C11H12IN5. The van der Waals surface area contributed by atoms with Crippen LogP contribution in [0.15, 0.2) is 24.8 Å². The minimum atomic E-state index is 0.595. The highest BCUT2D eigenvalue weighted by molar-refractivity contribution is 14.1. The predicted octanol–water partition coefficient (Wildman–Crippen LogP) is 2.36. The third kappa shape index (κ3) is 3.09. The van der Waals surface area contributed by atoms with E-state index in [4.69, 9.17) is 0 Å². The van der Waals surface area contributed by atoms with E-state index in [0.29, 0.717) is 11.5 Å². The topological polar surface area (TPSA) is 63.6 Å². The molecule has 0 bridgehead atoms. The summed E-state index contributed by atoms with van der Waals surface area (Å²) in [6, 6.07) is 0. The molecule has 6 heteroatoms. The molecule has 2 heterocycles. The molecule has 0 spiro atoms. The van der Waals surface area contributed by atoms with Crippen molar-refractivity contribution in [3.8, 4) is 11.5 Å². The van der Waals surface area contributed by atoms with Crippen LogP contribution in [0.1, 0.15) is 13.3 Å². The first-order chi connectivity index (χ1) is 8.31. The lowest BCUT2D eigenvalue weighted by atomic mass is 10.4. The zero-order valence-electron chi connectivity index (χ0n) is 9.39. The number of aromatic nitrogens is 4. The van der Waals surface area contributed by atoms with E-state index in [9.17, 15) is 0 Å². The zero-order chi connectivity index (χ0) is 12.1. The van der Waals surface area contributed by atoms with Gasteiger partial charge < -0.3 is 5.32 Å². The van der Waals surface area contributed by atoms with Crippen molar-refractivity contribution in [3.05, 3.63) is 28.4 Å². The van der Waals surface area contributed by atoms with Gasteiger partial charge in [-0.15, -0.1) is 0 Å². The third-order valence-electron chi connectivity index (χ3n) is 2.08. The van der Waals surface area contributed by atoms with Gasteiger partial charge in [-0.2, -0.15) is 0 Å². The van der Waals surface area contributed by atoms with Gasteiger partial charge in [0.15, 0.2) is 5.82 Å². The fraction of sp³-hybridized carbons (Fsp3) is 0.273. The smallest absolute Gasteiger partial charge is 0.181 e. The van der Waals surface area contributed by atoms with Crippen LogP contribution >= 0.6 is 22.6 Å². The van der Waals surface area contributed by atoms with Crippen LogP contribution in [0.3, 0.4) is 0 Å².